The predicted octanol–water partition coefficient (Wildman–Crippen LogP) is 3.29. The summed E-state index contributed by atoms with van der Waals surface area (Å²) in [6.45, 7) is 15.6. The molecule has 0 bridgehead atoms. The van der Waals surface area contributed by atoms with Crippen LogP contribution in [0.15, 0.2) is 12.7 Å². The standard InChI is InChI=1S/C26H40O8.ClH/c1-9-11-18(30)33-19-20-22(4,5)13-12-16(28)24(20,7)26(31)17(29)14-23(6,10-2)34-25(26,8)21(19)32-15(3)27;/h10,16,19-21,28,31H,2,9,11-14H2,1,3-8H3;1H/t16-,19-,20-,21-,23-,24-,25+,26-;/m0./s1. The maximum absolute atomic E-state index is 13.9. The second-order valence-electron chi connectivity index (χ2n) is 11.6. The van der Waals surface area contributed by atoms with E-state index in [1.165, 1.54) is 19.9 Å². The molecule has 2 saturated carbocycles. The Hall–Kier alpha value is -1.48. The molecule has 3 aliphatic rings. The number of hydrogen-bond acceptors (Lipinski definition) is 8. The van der Waals surface area contributed by atoms with Crippen LogP contribution in [0.4, 0.5) is 0 Å². The summed E-state index contributed by atoms with van der Waals surface area (Å²) in [6.07, 6.45) is -0.484. The summed E-state index contributed by atoms with van der Waals surface area (Å²) in [4.78, 5) is 39.0. The molecule has 1 aliphatic heterocycles. The first kappa shape index (κ1) is 29.7. The maximum atomic E-state index is 13.9. The Morgan fingerprint density at radius 2 is 1.80 bits per heavy atom. The van der Waals surface area contributed by atoms with Gasteiger partial charge in [-0.3, -0.25) is 14.4 Å². The van der Waals surface area contributed by atoms with Crippen LogP contribution in [0.5, 0.6) is 0 Å². The second kappa shape index (κ2) is 9.43. The highest BCUT2D eigenvalue weighted by Crippen LogP contribution is 2.67. The van der Waals surface area contributed by atoms with Crippen LogP contribution >= 0.6 is 12.4 Å². The number of ketones is 1. The summed E-state index contributed by atoms with van der Waals surface area (Å²) in [5.74, 6) is -2.37. The maximum Gasteiger partial charge on any atom is 0.306 e. The fraction of sp³-hybridized carbons (Fsp3) is 0.808. The number of aliphatic hydroxyl groups is 2. The van der Waals surface area contributed by atoms with E-state index in [1.807, 2.05) is 20.8 Å². The molecule has 0 amide bonds. The lowest BCUT2D eigenvalue weighted by Gasteiger charge is -2.71. The minimum atomic E-state index is -2.22. The first-order chi connectivity index (χ1) is 15.5. The molecular formula is C26H41ClO8. The lowest BCUT2D eigenvalue weighted by molar-refractivity contribution is -0.371. The molecule has 35 heavy (non-hydrogen) atoms. The molecule has 3 fully saturated rings. The Kier molecular flexibility index (Phi) is 8.02. The van der Waals surface area contributed by atoms with Crippen molar-refractivity contribution >= 4 is 30.1 Å². The van der Waals surface area contributed by atoms with E-state index in [4.69, 9.17) is 14.2 Å². The van der Waals surface area contributed by atoms with Crippen molar-refractivity contribution in [3.05, 3.63) is 12.7 Å². The predicted molar refractivity (Wildman–Crippen MR) is 131 cm³/mol. The smallest absolute Gasteiger partial charge is 0.306 e. The number of rotatable bonds is 5. The van der Waals surface area contributed by atoms with Gasteiger partial charge in [0.2, 0.25) is 0 Å². The van der Waals surface area contributed by atoms with Crippen molar-refractivity contribution in [2.45, 2.75) is 116 Å². The molecule has 0 radical (unpaired) electrons. The summed E-state index contributed by atoms with van der Waals surface area (Å²) < 4.78 is 18.2. The molecule has 1 saturated heterocycles. The van der Waals surface area contributed by atoms with Crippen LogP contribution < -0.4 is 0 Å². The molecule has 0 aromatic carbocycles. The molecule has 8 atom stereocenters. The molecule has 200 valence electrons. The zero-order chi connectivity index (χ0) is 25.9. The third kappa shape index (κ3) is 4.14. The molecule has 3 rings (SSSR count). The molecule has 0 aromatic rings. The molecule has 2 N–H and O–H groups in total. The van der Waals surface area contributed by atoms with Gasteiger partial charge in [-0.25, -0.2) is 0 Å². The van der Waals surface area contributed by atoms with Crippen molar-refractivity contribution in [2.75, 3.05) is 0 Å². The first-order valence-electron chi connectivity index (χ1n) is 12.2. The SMILES string of the molecule is C=C[C@@]1(C)CC(=O)[C@]2(O)[C@@]3(C)[C@@H](O)CCC(C)(C)[C@@H]3[C@H](OC(=O)CCC)[C@H](OC(C)=O)[C@@]2(C)O1.Cl. The van der Waals surface area contributed by atoms with Crippen LogP contribution in [-0.4, -0.2) is 63.0 Å². The monoisotopic (exact) mass is 516 g/mol. The molecule has 9 heteroatoms. The molecule has 1 heterocycles. The summed E-state index contributed by atoms with van der Waals surface area (Å²) >= 11 is 0. The van der Waals surface area contributed by atoms with Crippen molar-refractivity contribution in [3.63, 3.8) is 0 Å². The molecule has 0 unspecified atom stereocenters. The van der Waals surface area contributed by atoms with Crippen molar-refractivity contribution in [1.82, 2.24) is 0 Å². The Labute approximate surface area is 214 Å². The quantitative estimate of drug-likeness (QED) is 0.422. The third-order valence-electron chi connectivity index (χ3n) is 8.72. The number of carbonyl (C=O) groups is 3. The van der Waals surface area contributed by atoms with E-state index in [0.29, 0.717) is 19.3 Å². The van der Waals surface area contributed by atoms with Crippen LogP contribution in [0.3, 0.4) is 0 Å². The number of ether oxygens (including phenoxy) is 3. The number of hydrogen-bond donors (Lipinski definition) is 2. The Morgan fingerprint density at radius 1 is 1.20 bits per heavy atom. The molecule has 2 aliphatic carbocycles. The van der Waals surface area contributed by atoms with Crippen molar-refractivity contribution in [2.24, 2.45) is 16.7 Å². The number of esters is 2. The first-order valence-corrected chi connectivity index (χ1v) is 12.2. The number of aliphatic hydroxyl groups excluding tert-OH is 1. The van der Waals surface area contributed by atoms with Crippen molar-refractivity contribution in [1.29, 1.82) is 0 Å². The minimum absolute atomic E-state index is 0. The van der Waals surface area contributed by atoms with E-state index >= 15 is 0 Å². The number of carbonyl (C=O) groups excluding carboxylic acids is 3. The zero-order valence-electron chi connectivity index (χ0n) is 21.9. The molecule has 8 nitrogen and oxygen atoms in total. The van der Waals surface area contributed by atoms with Crippen molar-refractivity contribution < 1.29 is 38.8 Å². The topological polar surface area (TPSA) is 119 Å². The Balaban J connectivity index is 0.00000432. The lowest BCUT2D eigenvalue weighted by atomic mass is 9.39. The molecule has 0 spiro atoms. The molecule has 0 aromatic heterocycles. The largest absolute Gasteiger partial charge is 0.458 e. The van der Waals surface area contributed by atoms with Crippen LogP contribution in [0.2, 0.25) is 0 Å². The molecular weight excluding hydrogens is 476 g/mol. The van der Waals surface area contributed by atoms with E-state index in [1.54, 1.807) is 13.8 Å². The van der Waals surface area contributed by atoms with Gasteiger partial charge in [-0.15, -0.1) is 19.0 Å². The van der Waals surface area contributed by atoms with Crippen LogP contribution in [0, 0.1) is 16.7 Å². The summed E-state index contributed by atoms with van der Waals surface area (Å²) in [7, 11) is 0. The number of halogens is 1. The van der Waals surface area contributed by atoms with E-state index in [2.05, 4.69) is 6.58 Å². The highest BCUT2D eigenvalue weighted by molar-refractivity contribution is 5.92. The summed E-state index contributed by atoms with van der Waals surface area (Å²) in [5, 5.41) is 23.8. The minimum Gasteiger partial charge on any atom is -0.458 e. The Morgan fingerprint density at radius 3 is 2.31 bits per heavy atom. The fourth-order valence-corrected chi connectivity index (χ4v) is 7.16. The normalized spacial score (nSPS) is 44.2. The van der Waals surface area contributed by atoms with Gasteiger partial charge in [0, 0.05) is 31.1 Å². The van der Waals surface area contributed by atoms with Gasteiger partial charge in [0.15, 0.2) is 17.5 Å². The van der Waals surface area contributed by atoms with Gasteiger partial charge in [-0.1, -0.05) is 33.8 Å². The summed E-state index contributed by atoms with van der Waals surface area (Å²) in [6, 6.07) is 0. The van der Waals surface area contributed by atoms with E-state index < -0.39 is 69.6 Å². The third-order valence-corrected chi connectivity index (χ3v) is 8.72. The van der Waals surface area contributed by atoms with Gasteiger partial charge in [0.25, 0.3) is 0 Å². The highest BCUT2D eigenvalue weighted by Gasteiger charge is 2.82. The average Bonchev–Trinajstić information content (AvgIpc) is 2.71. The van der Waals surface area contributed by atoms with Crippen molar-refractivity contribution in [3.8, 4) is 0 Å². The summed E-state index contributed by atoms with van der Waals surface area (Å²) in [5.41, 5.74) is -7.23. The second-order valence-corrected chi connectivity index (χ2v) is 11.6. The van der Waals surface area contributed by atoms with E-state index in [0.717, 1.165) is 0 Å². The van der Waals surface area contributed by atoms with Gasteiger partial charge < -0.3 is 24.4 Å². The van der Waals surface area contributed by atoms with Gasteiger partial charge >= 0.3 is 11.9 Å². The fourth-order valence-electron chi connectivity index (χ4n) is 7.16. The van der Waals surface area contributed by atoms with E-state index in [9.17, 15) is 24.6 Å². The number of Topliss-reactive ketones (excluding diaryl/α,β-unsaturated/α-hetero) is 1. The average molecular weight is 517 g/mol. The van der Waals surface area contributed by atoms with Crippen LogP contribution in [-0.2, 0) is 28.6 Å². The number of fused-ring (bicyclic) bond motifs is 3. The van der Waals surface area contributed by atoms with Gasteiger partial charge in [0.05, 0.1) is 11.7 Å². The van der Waals surface area contributed by atoms with Crippen LogP contribution in [0.1, 0.15) is 80.6 Å². The Bertz CT molecular complexity index is 889. The van der Waals surface area contributed by atoms with Gasteiger partial charge in [-0.05, 0) is 38.5 Å². The highest BCUT2D eigenvalue weighted by atomic mass is 35.5. The van der Waals surface area contributed by atoms with Gasteiger partial charge in [-0.2, -0.15) is 0 Å². The van der Waals surface area contributed by atoms with E-state index in [-0.39, 0.29) is 25.2 Å². The lowest BCUT2D eigenvalue weighted by Crippen LogP contribution is -2.87. The van der Waals surface area contributed by atoms with Crippen LogP contribution in [0.25, 0.3) is 0 Å². The van der Waals surface area contributed by atoms with Gasteiger partial charge in [0.1, 0.15) is 11.7 Å². The zero-order valence-corrected chi connectivity index (χ0v) is 22.7.